The van der Waals surface area contributed by atoms with E-state index >= 15 is 0 Å². The van der Waals surface area contributed by atoms with E-state index in [0.717, 1.165) is 0 Å². The van der Waals surface area contributed by atoms with Crippen molar-refractivity contribution in [2.75, 3.05) is 6.54 Å². The molecule has 0 aliphatic rings. The number of H-pyrrole nitrogens is 1. The van der Waals surface area contributed by atoms with Crippen molar-refractivity contribution in [1.82, 2.24) is 24.4 Å². The number of hydrogen-bond donors (Lipinski definition) is 1. The van der Waals surface area contributed by atoms with Crippen LogP contribution in [0.1, 0.15) is 19.2 Å². The largest absolute Gasteiger partial charge is 0.334 e. The highest BCUT2D eigenvalue weighted by molar-refractivity contribution is 6.31. The van der Waals surface area contributed by atoms with Gasteiger partial charge in [-0.2, -0.15) is 0 Å². The van der Waals surface area contributed by atoms with Gasteiger partial charge in [-0.05, 0) is 36.8 Å². The molecule has 0 unspecified atom stereocenters. The van der Waals surface area contributed by atoms with Crippen LogP contribution < -0.4 is 11.1 Å². The second-order valence-electron chi connectivity index (χ2n) is 7.18. The number of hydrogen-bond acceptors (Lipinski definition) is 5. The molecular weight excluding hydrogens is 418 g/mol. The molecule has 2 aromatic carbocycles. The van der Waals surface area contributed by atoms with E-state index in [-0.39, 0.29) is 30.1 Å². The third kappa shape index (κ3) is 4.34. The molecule has 0 atom stereocenters. The summed E-state index contributed by atoms with van der Waals surface area (Å²) < 4.78 is 1.30. The Morgan fingerprint density at radius 1 is 1.13 bits per heavy atom. The van der Waals surface area contributed by atoms with Crippen LogP contribution >= 0.6 is 11.6 Å². The first-order valence-electron chi connectivity index (χ1n) is 9.86. The number of aromatic amines is 1. The van der Waals surface area contributed by atoms with E-state index < -0.39 is 0 Å². The van der Waals surface area contributed by atoms with Gasteiger partial charge >= 0.3 is 0 Å². The normalized spacial score (nSPS) is 11.2. The molecule has 31 heavy (non-hydrogen) atoms. The summed E-state index contributed by atoms with van der Waals surface area (Å²) in [5.41, 5.74) is 0.473. The van der Waals surface area contributed by atoms with Crippen LogP contribution in [0.5, 0.6) is 0 Å². The zero-order chi connectivity index (χ0) is 22.0. The summed E-state index contributed by atoms with van der Waals surface area (Å²) in [6, 6.07) is 11.9. The Bertz CT molecular complexity index is 1400. The maximum absolute atomic E-state index is 13.0. The molecule has 2 aromatic heterocycles. The molecule has 0 bridgehead atoms. The lowest BCUT2D eigenvalue weighted by Gasteiger charge is -2.22. The summed E-state index contributed by atoms with van der Waals surface area (Å²) in [5.74, 6) is 0.0837. The van der Waals surface area contributed by atoms with Crippen LogP contribution in [0.25, 0.3) is 21.8 Å². The van der Waals surface area contributed by atoms with Crippen LogP contribution in [0, 0.1) is 0 Å². The lowest BCUT2D eigenvalue weighted by molar-refractivity contribution is -0.132. The van der Waals surface area contributed by atoms with Crippen molar-refractivity contribution in [1.29, 1.82) is 0 Å². The molecule has 1 N–H and O–H groups in total. The number of nitrogens with one attached hydrogen (secondary N) is 1. The van der Waals surface area contributed by atoms with Crippen molar-refractivity contribution in [2.45, 2.75) is 26.4 Å². The number of carbonyl (C=O) groups is 1. The number of aromatic nitrogens is 4. The molecule has 4 rings (SSSR count). The molecule has 9 heteroatoms. The van der Waals surface area contributed by atoms with Gasteiger partial charge in [0.15, 0.2) is 0 Å². The topological polar surface area (TPSA) is 101 Å². The fraction of sp³-hybridized carbons (Fsp3) is 0.227. The Labute approximate surface area is 182 Å². The molecule has 0 aliphatic carbocycles. The Kier molecular flexibility index (Phi) is 5.81. The van der Waals surface area contributed by atoms with Gasteiger partial charge in [-0.1, -0.05) is 30.7 Å². The van der Waals surface area contributed by atoms with Crippen molar-refractivity contribution in [3.8, 4) is 0 Å². The highest BCUT2D eigenvalue weighted by Gasteiger charge is 2.17. The first kappa shape index (κ1) is 20.7. The van der Waals surface area contributed by atoms with E-state index in [2.05, 4.69) is 15.0 Å². The van der Waals surface area contributed by atoms with Gasteiger partial charge in [-0.15, -0.1) is 0 Å². The third-order valence-corrected chi connectivity index (χ3v) is 5.18. The van der Waals surface area contributed by atoms with Gasteiger partial charge in [-0.25, -0.2) is 9.97 Å². The van der Waals surface area contributed by atoms with Crippen molar-refractivity contribution >= 4 is 39.3 Å². The van der Waals surface area contributed by atoms with Gasteiger partial charge in [-0.3, -0.25) is 19.0 Å². The summed E-state index contributed by atoms with van der Waals surface area (Å²) in [4.78, 5) is 51.1. The zero-order valence-corrected chi connectivity index (χ0v) is 17.6. The maximum Gasteiger partial charge on any atom is 0.261 e. The molecule has 2 heterocycles. The number of nitrogens with zero attached hydrogens (tertiary/aromatic N) is 4. The van der Waals surface area contributed by atoms with Crippen LogP contribution in [0.4, 0.5) is 0 Å². The van der Waals surface area contributed by atoms with Gasteiger partial charge < -0.3 is 9.88 Å². The second-order valence-corrected chi connectivity index (χ2v) is 7.62. The number of amides is 1. The van der Waals surface area contributed by atoms with Crippen molar-refractivity contribution in [3.05, 3.63) is 80.3 Å². The Morgan fingerprint density at radius 3 is 2.74 bits per heavy atom. The van der Waals surface area contributed by atoms with Crippen molar-refractivity contribution < 1.29 is 4.79 Å². The van der Waals surface area contributed by atoms with Gasteiger partial charge in [0, 0.05) is 11.6 Å². The Balaban J connectivity index is 1.61. The quantitative estimate of drug-likeness (QED) is 0.499. The first-order chi connectivity index (χ1) is 15.0. The Hall–Kier alpha value is -3.52. The lowest BCUT2D eigenvalue weighted by Crippen LogP contribution is -2.37. The molecule has 8 nitrogen and oxygen atoms in total. The fourth-order valence-electron chi connectivity index (χ4n) is 3.44. The van der Waals surface area contributed by atoms with E-state index in [4.69, 9.17) is 11.6 Å². The fourth-order valence-corrected chi connectivity index (χ4v) is 3.61. The number of rotatable bonds is 6. The van der Waals surface area contributed by atoms with Crippen LogP contribution in [-0.4, -0.2) is 36.9 Å². The molecular formula is C22H20ClN5O3. The van der Waals surface area contributed by atoms with E-state index in [1.54, 1.807) is 47.4 Å². The highest BCUT2D eigenvalue weighted by Crippen LogP contribution is 2.15. The van der Waals surface area contributed by atoms with Crippen LogP contribution in [0.2, 0.25) is 5.02 Å². The smallest absolute Gasteiger partial charge is 0.261 e. The van der Waals surface area contributed by atoms with E-state index in [1.807, 2.05) is 6.92 Å². The van der Waals surface area contributed by atoms with Gasteiger partial charge in [0.25, 0.3) is 11.1 Å². The highest BCUT2D eigenvalue weighted by atomic mass is 35.5. The molecule has 1 amide bonds. The van der Waals surface area contributed by atoms with E-state index in [1.165, 1.54) is 10.9 Å². The molecule has 4 aromatic rings. The summed E-state index contributed by atoms with van der Waals surface area (Å²) >= 11 is 6.02. The van der Waals surface area contributed by atoms with Gasteiger partial charge in [0.1, 0.15) is 12.4 Å². The van der Waals surface area contributed by atoms with Crippen LogP contribution in [-0.2, 0) is 17.9 Å². The predicted molar refractivity (Wildman–Crippen MR) is 119 cm³/mol. The summed E-state index contributed by atoms with van der Waals surface area (Å²) in [7, 11) is 0. The molecule has 0 fully saturated rings. The molecule has 0 saturated carbocycles. The molecule has 0 aliphatic heterocycles. The zero-order valence-electron chi connectivity index (χ0n) is 16.8. The maximum atomic E-state index is 13.0. The molecule has 0 radical (unpaired) electrons. The number of benzene rings is 2. The lowest BCUT2D eigenvalue weighted by atomic mass is 10.2. The number of fused-ring (bicyclic) bond motifs is 2. The summed E-state index contributed by atoms with van der Waals surface area (Å²) in [6.07, 6.45) is 2.09. The number of halogens is 1. The summed E-state index contributed by atoms with van der Waals surface area (Å²) in [5, 5.41) is 1.36. The van der Waals surface area contributed by atoms with E-state index in [9.17, 15) is 14.4 Å². The Morgan fingerprint density at radius 2 is 1.94 bits per heavy atom. The van der Waals surface area contributed by atoms with Crippen molar-refractivity contribution in [2.24, 2.45) is 0 Å². The molecule has 0 spiro atoms. The first-order valence-corrected chi connectivity index (χ1v) is 10.2. The minimum Gasteiger partial charge on any atom is -0.334 e. The standard InChI is InChI=1S/C22H20ClN5O3/c1-2-9-27(11-19-25-18-10-14(23)7-8-15(18)21(30)26-19)20(29)12-28-13-24-17-6-4-3-5-16(17)22(28)31/h3-8,10,13H,2,9,11-12H2,1H3,(H,25,26,30). The molecule has 158 valence electrons. The monoisotopic (exact) mass is 437 g/mol. The van der Waals surface area contributed by atoms with Crippen LogP contribution in [0.15, 0.2) is 58.4 Å². The molecule has 0 saturated heterocycles. The van der Waals surface area contributed by atoms with Crippen molar-refractivity contribution in [3.63, 3.8) is 0 Å². The SMILES string of the molecule is CCCN(Cc1nc2cc(Cl)ccc2c(=O)[nH]1)C(=O)Cn1cnc2ccccc2c1=O. The average Bonchev–Trinajstić information content (AvgIpc) is 2.75. The second kappa shape index (κ2) is 8.69. The predicted octanol–water partition coefficient (Wildman–Crippen LogP) is 2.73. The third-order valence-electron chi connectivity index (χ3n) is 4.94. The number of carbonyl (C=O) groups excluding carboxylic acids is 1. The minimum atomic E-state index is -0.296. The van der Waals surface area contributed by atoms with Gasteiger partial charge in [0.05, 0.1) is 34.7 Å². The van der Waals surface area contributed by atoms with E-state index in [0.29, 0.717) is 45.6 Å². The summed E-state index contributed by atoms with van der Waals surface area (Å²) in [6.45, 7) is 2.35. The van der Waals surface area contributed by atoms with Gasteiger partial charge in [0.2, 0.25) is 5.91 Å². The number of para-hydroxylation sites is 1. The van der Waals surface area contributed by atoms with Crippen LogP contribution in [0.3, 0.4) is 0 Å². The minimum absolute atomic E-state index is 0.111. The average molecular weight is 438 g/mol.